The number of nitrogens with one attached hydrogen (secondary N) is 2. The summed E-state index contributed by atoms with van der Waals surface area (Å²) in [7, 11) is 0. The zero-order valence-electron chi connectivity index (χ0n) is 13.9. The molecule has 134 valence electrons. The van der Waals surface area contributed by atoms with Gasteiger partial charge in [0.1, 0.15) is 12.1 Å². The monoisotopic (exact) mass is 340 g/mol. The first-order valence-corrected chi connectivity index (χ1v) is 8.16. The molecule has 24 heavy (non-hydrogen) atoms. The molecule has 2 heterocycles. The normalized spacial score (nSPS) is 26.7. The van der Waals surface area contributed by atoms with Crippen molar-refractivity contribution in [3.63, 3.8) is 0 Å². The smallest absolute Gasteiger partial charge is 0.328 e. The highest BCUT2D eigenvalue weighted by Crippen LogP contribution is 2.32. The predicted molar refractivity (Wildman–Crippen MR) is 83.7 cm³/mol. The van der Waals surface area contributed by atoms with Gasteiger partial charge in [0, 0.05) is 18.3 Å². The average molecular weight is 340 g/mol. The largest absolute Gasteiger partial charge is 0.461 e. The van der Waals surface area contributed by atoms with Gasteiger partial charge in [0.25, 0.3) is 0 Å². The van der Waals surface area contributed by atoms with Gasteiger partial charge in [-0.1, -0.05) is 0 Å². The van der Waals surface area contributed by atoms with Gasteiger partial charge in [0.15, 0.2) is 5.78 Å². The number of amides is 1. The van der Waals surface area contributed by atoms with E-state index in [-0.39, 0.29) is 36.7 Å². The van der Waals surface area contributed by atoms with E-state index in [9.17, 15) is 14.4 Å². The number of Topliss-reactive ketones (excluding diaryl/α,β-unsaturated/α-hetero) is 1. The molecule has 2 aliphatic heterocycles. The van der Waals surface area contributed by atoms with Gasteiger partial charge < -0.3 is 24.9 Å². The summed E-state index contributed by atoms with van der Waals surface area (Å²) in [6, 6.07) is -0.936. The van der Waals surface area contributed by atoms with Crippen LogP contribution >= 0.6 is 0 Å². The van der Waals surface area contributed by atoms with Crippen molar-refractivity contribution < 1.29 is 28.6 Å². The molecule has 0 spiro atoms. The highest BCUT2D eigenvalue weighted by Gasteiger charge is 2.45. The molecule has 2 fully saturated rings. The van der Waals surface area contributed by atoms with Crippen molar-refractivity contribution in [2.45, 2.75) is 44.9 Å². The Morgan fingerprint density at radius 1 is 1.29 bits per heavy atom. The van der Waals surface area contributed by atoms with Crippen LogP contribution in [0.15, 0.2) is 0 Å². The maximum atomic E-state index is 12.5. The first kappa shape index (κ1) is 18.5. The van der Waals surface area contributed by atoms with Crippen LogP contribution in [0.4, 0.5) is 0 Å². The SMILES string of the molecule is CC(C)OC(=O)[C@H](CCC(=O)C=N)NC(=O)[C@H]1OCC2COCC21. The third-order valence-corrected chi connectivity index (χ3v) is 4.18. The van der Waals surface area contributed by atoms with Crippen LogP contribution in [-0.2, 0) is 28.6 Å². The van der Waals surface area contributed by atoms with E-state index in [0.717, 1.165) is 0 Å². The first-order chi connectivity index (χ1) is 11.4. The fourth-order valence-corrected chi connectivity index (χ4v) is 2.92. The van der Waals surface area contributed by atoms with Crippen molar-refractivity contribution in [3.8, 4) is 0 Å². The molecular formula is C16H24N2O6. The number of carbonyl (C=O) groups is 3. The number of ether oxygens (including phenoxy) is 3. The van der Waals surface area contributed by atoms with E-state index in [2.05, 4.69) is 5.32 Å². The van der Waals surface area contributed by atoms with E-state index in [1.807, 2.05) is 0 Å². The minimum atomic E-state index is -0.936. The Labute approximate surface area is 140 Å². The molecule has 0 aromatic heterocycles. The van der Waals surface area contributed by atoms with Crippen molar-refractivity contribution in [2.75, 3.05) is 19.8 Å². The van der Waals surface area contributed by atoms with Gasteiger partial charge in [0.05, 0.1) is 32.1 Å². The van der Waals surface area contributed by atoms with Crippen molar-refractivity contribution in [3.05, 3.63) is 0 Å². The average Bonchev–Trinajstić information content (AvgIpc) is 3.12. The van der Waals surface area contributed by atoms with Crippen LogP contribution in [0.25, 0.3) is 0 Å². The van der Waals surface area contributed by atoms with E-state index < -0.39 is 23.9 Å². The third kappa shape index (κ3) is 4.61. The minimum Gasteiger partial charge on any atom is -0.461 e. The van der Waals surface area contributed by atoms with E-state index in [1.165, 1.54) is 0 Å². The van der Waals surface area contributed by atoms with Crippen LogP contribution in [0.5, 0.6) is 0 Å². The summed E-state index contributed by atoms with van der Waals surface area (Å²) in [4.78, 5) is 35.9. The van der Waals surface area contributed by atoms with Crippen LogP contribution in [0.2, 0.25) is 0 Å². The number of hydrogen-bond donors (Lipinski definition) is 2. The van der Waals surface area contributed by atoms with Crippen molar-refractivity contribution >= 4 is 23.9 Å². The lowest BCUT2D eigenvalue weighted by Gasteiger charge is -2.22. The van der Waals surface area contributed by atoms with Gasteiger partial charge >= 0.3 is 5.97 Å². The zero-order chi connectivity index (χ0) is 17.7. The Hall–Kier alpha value is -1.80. The molecule has 2 N–H and O–H groups in total. The molecule has 2 saturated heterocycles. The summed E-state index contributed by atoms with van der Waals surface area (Å²) in [6.07, 6.45) is -0.200. The molecule has 0 saturated carbocycles. The van der Waals surface area contributed by atoms with Gasteiger partial charge in [0.2, 0.25) is 5.91 Å². The van der Waals surface area contributed by atoms with Crippen molar-refractivity contribution in [1.29, 1.82) is 5.41 Å². The molecule has 0 aliphatic carbocycles. The molecule has 0 bridgehead atoms. The van der Waals surface area contributed by atoms with Crippen LogP contribution in [0, 0.1) is 17.2 Å². The highest BCUT2D eigenvalue weighted by atomic mass is 16.5. The third-order valence-electron chi connectivity index (χ3n) is 4.18. The molecule has 1 amide bonds. The summed E-state index contributed by atoms with van der Waals surface area (Å²) in [6.45, 7) is 4.94. The second-order valence-corrected chi connectivity index (χ2v) is 6.41. The molecule has 2 rings (SSSR count). The van der Waals surface area contributed by atoms with E-state index in [0.29, 0.717) is 26.0 Å². The standard InChI is InChI=1S/C16H24N2O6/c1-9(2)24-16(21)13(4-3-11(19)5-17)18-15(20)14-12-8-22-6-10(12)7-23-14/h5,9-10,12-14,17H,3-4,6-8H2,1-2H3,(H,18,20)/t10?,12?,13-,14-/m0/s1. The Morgan fingerprint density at radius 3 is 2.71 bits per heavy atom. The van der Waals surface area contributed by atoms with E-state index in [1.54, 1.807) is 13.8 Å². The Morgan fingerprint density at radius 2 is 2.04 bits per heavy atom. The van der Waals surface area contributed by atoms with Gasteiger partial charge in [-0.3, -0.25) is 9.59 Å². The molecule has 2 unspecified atom stereocenters. The van der Waals surface area contributed by atoms with Gasteiger partial charge in [-0.05, 0) is 20.3 Å². The van der Waals surface area contributed by atoms with Crippen LogP contribution in [-0.4, -0.2) is 61.9 Å². The van der Waals surface area contributed by atoms with Gasteiger partial charge in [-0.25, -0.2) is 4.79 Å². The van der Waals surface area contributed by atoms with E-state index in [4.69, 9.17) is 19.6 Å². The quantitative estimate of drug-likeness (QED) is 0.478. The second kappa shape index (κ2) is 8.34. The lowest BCUT2D eigenvalue weighted by molar-refractivity contribution is -0.153. The van der Waals surface area contributed by atoms with E-state index >= 15 is 0 Å². The summed E-state index contributed by atoms with van der Waals surface area (Å²) < 4.78 is 16.1. The summed E-state index contributed by atoms with van der Waals surface area (Å²) in [5, 5.41) is 9.55. The number of hydrogen-bond acceptors (Lipinski definition) is 7. The second-order valence-electron chi connectivity index (χ2n) is 6.41. The molecule has 2 aliphatic rings. The Balaban J connectivity index is 1.97. The molecular weight excluding hydrogens is 316 g/mol. The van der Waals surface area contributed by atoms with Crippen molar-refractivity contribution in [1.82, 2.24) is 5.32 Å². The molecule has 0 radical (unpaired) electrons. The van der Waals surface area contributed by atoms with Gasteiger partial charge in [-0.2, -0.15) is 0 Å². The molecule has 4 atom stereocenters. The fraction of sp³-hybridized carbons (Fsp3) is 0.750. The number of carbonyl (C=O) groups excluding carboxylic acids is 3. The molecule has 0 aromatic carbocycles. The van der Waals surface area contributed by atoms with Crippen LogP contribution < -0.4 is 5.32 Å². The number of rotatable bonds is 8. The lowest BCUT2D eigenvalue weighted by Crippen LogP contribution is -2.48. The zero-order valence-corrected chi connectivity index (χ0v) is 13.9. The van der Waals surface area contributed by atoms with Gasteiger partial charge in [-0.15, -0.1) is 0 Å². The Bertz CT molecular complexity index is 507. The fourth-order valence-electron chi connectivity index (χ4n) is 2.92. The molecule has 8 nitrogen and oxygen atoms in total. The maximum absolute atomic E-state index is 12.5. The lowest BCUT2D eigenvalue weighted by atomic mass is 9.94. The summed E-state index contributed by atoms with van der Waals surface area (Å²) in [5.41, 5.74) is 0. The molecule has 0 aromatic rings. The predicted octanol–water partition coefficient (Wildman–Crippen LogP) is 0.0831. The minimum absolute atomic E-state index is 0.00465. The van der Waals surface area contributed by atoms with Crippen molar-refractivity contribution in [2.24, 2.45) is 11.8 Å². The Kier molecular flexibility index (Phi) is 6.44. The first-order valence-electron chi connectivity index (χ1n) is 8.16. The number of esters is 1. The summed E-state index contributed by atoms with van der Waals surface area (Å²) in [5.74, 6) is -1.18. The highest BCUT2D eigenvalue weighted by molar-refractivity contribution is 6.26. The number of fused-ring (bicyclic) bond motifs is 1. The topological polar surface area (TPSA) is 115 Å². The summed E-state index contributed by atoms with van der Waals surface area (Å²) >= 11 is 0. The molecule has 8 heteroatoms. The van der Waals surface area contributed by atoms with Crippen LogP contribution in [0.1, 0.15) is 26.7 Å². The maximum Gasteiger partial charge on any atom is 0.328 e. The number of ketones is 1. The van der Waals surface area contributed by atoms with Crippen LogP contribution in [0.3, 0.4) is 0 Å².